The van der Waals surface area contributed by atoms with Gasteiger partial charge in [-0.15, -0.1) is 0 Å². The third-order valence-electron chi connectivity index (χ3n) is 3.40. The zero-order chi connectivity index (χ0) is 13.1. The van der Waals surface area contributed by atoms with Crippen LogP contribution in [0.5, 0.6) is 0 Å². The quantitative estimate of drug-likeness (QED) is 0.823. The van der Waals surface area contributed by atoms with Crippen LogP contribution in [0.25, 0.3) is 0 Å². The molecule has 0 spiro atoms. The molecular weight excluding hydrogens is 226 g/mol. The number of nitrogens with one attached hydrogen (secondary N) is 1. The Balaban J connectivity index is 1.94. The van der Waals surface area contributed by atoms with Gasteiger partial charge in [-0.25, -0.2) is 4.98 Å². The molecule has 1 unspecified atom stereocenters. The lowest BCUT2D eigenvalue weighted by molar-refractivity contribution is 0.276. The van der Waals surface area contributed by atoms with Crippen molar-refractivity contribution < 1.29 is 0 Å². The minimum absolute atomic E-state index is 0.580. The number of aromatic nitrogens is 2. The number of nitrogens with zero attached hydrogens (tertiary/aromatic N) is 4. The van der Waals surface area contributed by atoms with Crippen molar-refractivity contribution >= 4 is 11.8 Å². The number of hydrogen-bond acceptors (Lipinski definition) is 5. The van der Waals surface area contributed by atoms with E-state index in [-0.39, 0.29) is 0 Å². The second kappa shape index (κ2) is 5.52. The Morgan fingerprint density at radius 1 is 1.33 bits per heavy atom. The van der Waals surface area contributed by atoms with Crippen molar-refractivity contribution in [1.29, 1.82) is 0 Å². The predicted octanol–water partition coefficient (Wildman–Crippen LogP) is 1.29. The SMILES string of the molecule is CN(C)c1ccnc(NCC(C2CC2)N(C)C)n1. The maximum atomic E-state index is 4.47. The first kappa shape index (κ1) is 13.1. The molecule has 100 valence electrons. The fourth-order valence-corrected chi connectivity index (χ4v) is 2.13. The van der Waals surface area contributed by atoms with E-state index in [1.807, 2.05) is 25.1 Å². The zero-order valence-electron chi connectivity index (χ0n) is 11.7. The van der Waals surface area contributed by atoms with Gasteiger partial charge < -0.3 is 15.1 Å². The van der Waals surface area contributed by atoms with E-state index in [9.17, 15) is 0 Å². The van der Waals surface area contributed by atoms with E-state index in [0.717, 1.165) is 18.3 Å². The lowest BCUT2D eigenvalue weighted by Gasteiger charge is -2.24. The van der Waals surface area contributed by atoms with E-state index in [0.29, 0.717) is 12.0 Å². The van der Waals surface area contributed by atoms with E-state index in [1.54, 1.807) is 6.20 Å². The molecule has 1 saturated carbocycles. The molecule has 1 atom stereocenters. The van der Waals surface area contributed by atoms with E-state index < -0.39 is 0 Å². The molecule has 0 aromatic carbocycles. The molecule has 0 saturated heterocycles. The summed E-state index contributed by atoms with van der Waals surface area (Å²) in [6, 6.07) is 2.49. The number of rotatable bonds is 6. The maximum absolute atomic E-state index is 4.47. The van der Waals surface area contributed by atoms with Crippen LogP contribution in [0.2, 0.25) is 0 Å². The fourth-order valence-electron chi connectivity index (χ4n) is 2.13. The van der Waals surface area contributed by atoms with Crippen molar-refractivity contribution in [2.24, 2.45) is 5.92 Å². The normalized spacial score (nSPS) is 16.7. The summed E-state index contributed by atoms with van der Waals surface area (Å²) in [6.07, 6.45) is 4.50. The smallest absolute Gasteiger partial charge is 0.224 e. The molecule has 0 amide bonds. The monoisotopic (exact) mass is 249 g/mol. The van der Waals surface area contributed by atoms with Crippen LogP contribution in [-0.4, -0.2) is 55.6 Å². The molecule has 1 fully saturated rings. The molecule has 1 aromatic heterocycles. The van der Waals surface area contributed by atoms with Crippen molar-refractivity contribution in [3.05, 3.63) is 12.3 Å². The minimum atomic E-state index is 0.580. The second-order valence-corrected chi connectivity index (χ2v) is 5.38. The highest BCUT2D eigenvalue weighted by Crippen LogP contribution is 2.34. The van der Waals surface area contributed by atoms with Crippen molar-refractivity contribution in [2.45, 2.75) is 18.9 Å². The van der Waals surface area contributed by atoms with E-state index in [2.05, 4.69) is 34.3 Å². The molecule has 1 aromatic rings. The summed E-state index contributed by atoms with van der Waals surface area (Å²) in [5.74, 6) is 2.48. The van der Waals surface area contributed by atoms with Crippen LogP contribution in [0.15, 0.2) is 12.3 Å². The van der Waals surface area contributed by atoms with Gasteiger partial charge in [-0.1, -0.05) is 0 Å². The minimum Gasteiger partial charge on any atom is -0.363 e. The molecule has 1 aliphatic rings. The van der Waals surface area contributed by atoms with Crippen molar-refractivity contribution in [3.8, 4) is 0 Å². The highest BCUT2D eigenvalue weighted by Gasteiger charge is 2.32. The van der Waals surface area contributed by atoms with Crippen molar-refractivity contribution in [2.75, 3.05) is 45.0 Å². The van der Waals surface area contributed by atoms with Gasteiger partial charge in [-0.3, -0.25) is 0 Å². The van der Waals surface area contributed by atoms with Gasteiger partial charge in [-0.05, 0) is 38.9 Å². The predicted molar refractivity (Wildman–Crippen MR) is 75.0 cm³/mol. The van der Waals surface area contributed by atoms with E-state index >= 15 is 0 Å². The summed E-state index contributed by atoms with van der Waals surface area (Å²) >= 11 is 0. The molecule has 1 heterocycles. The number of likely N-dealkylation sites (N-methyl/N-ethyl adjacent to an activating group) is 1. The lowest BCUT2D eigenvalue weighted by Crippen LogP contribution is -2.36. The highest BCUT2D eigenvalue weighted by molar-refractivity contribution is 5.40. The van der Waals surface area contributed by atoms with Crippen molar-refractivity contribution in [1.82, 2.24) is 14.9 Å². The third kappa shape index (κ3) is 3.32. The molecule has 2 rings (SSSR count). The van der Waals surface area contributed by atoms with Gasteiger partial charge in [0.2, 0.25) is 5.95 Å². The Morgan fingerprint density at radius 3 is 2.61 bits per heavy atom. The van der Waals surface area contributed by atoms with Gasteiger partial charge in [0, 0.05) is 32.9 Å². The van der Waals surface area contributed by atoms with Crippen LogP contribution in [0.3, 0.4) is 0 Å². The van der Waals surface area contributed by atoms with Crippen LogP contribution in [0.1, 0.15) is 12.8 Å². The fraction of sp³-hybridized carbons (Fsp3) is 0.692. The molecular formula is C13H23N5. The molecule has 5 heteroatoms. The third-order valence-corrected chi connectivity index (χ3v) is 3.40. The zero-order valence-corrected chi connectivity index (χ0v) is 11.7. The summed E-state index contributed by atoms with van der Waals surface area (Å²) in [6.45, 7) is 0.911. The molecule has 5 nitrogen and oxygen atoms in total. The summed E-state index contributed by atoms with van der Waals surface area (Å²) in [5, 5.41) is 3.35. The Bertz CT molecular complexity index is 385. The van der Waals surface area contributed by atoms with E-state index in [4.69, 9.17) is 0 Å². The van der Waals surface area contributed by atoms with Gasteiger partial charge in [0.05, 0.1) is 0 Å². The van der Waals surface area contributed by atoms with Gasteiger partial charge in [-0.2, -0.15) is 4.98 Å². The average Bonchev–Trinajstić information content (AvgIpc) is 3.13. The lowest BCUT2D eigenvalue weighted by atomic mass is 10.1. The second-order valence-electron chi connectivity index (χ2n) is 5.38. The summed E-state index contributed by atoms with van der Waals surface area (Å²) in [7, 11) is 8.25. The number of hydrogen-bond donors (Lipinski definition) is 1. The molecule has 0 bridgehead atoms. The van der Waals surface area contributed by atoms with Crippen LogP contribution in [0.4, 0.5) is 11.8 Å². The molecule has 0 aliphatic heterocycles. The largest absolute Gasteiger partial charge is 0.363 e. The molecule has 0 radical (unpaired) electrons. The first-order valence-corrected chi connectivity index (χ1v) is 6.48. The van der Waals surface area contributed by atoms with Gasteiger partial charge >= 0.3 is 0 Å². The Morgan fingerprint density at radius 2 is 2.06 bits per heavy atom. The van der Waals surface area contributed by atoms with Gasteiger partial charge in [0.25, 0.3) is 0 Å². The first-order chi connectivity index (χ1) is 8.58. The first-order valence-electron chi connectivity index (χ1n) is 6.48. The topological polar surface area (TPSA) is 44.3 Å². The number of anilines is 2. The van der Waals surface area contributed by atoms with Gasteiger partial charge in [0.1, 0.15) is 5.82 Å². The molecule has 1 N–H and O–H groups in total. The average molecular weight is 249 g/mol. The Hall–Kier alpha value is -1.36. The van der Waals surface area contributed by atoms with Gasteiger partial charge in [0.15, 0.2) is 0 Å². The standard InChI is InChI=1S/C13H23N5/c1-17(2)11(10-5-6-10)9-15-13-14-8-7-12(16-13)18(3)4/h7-8,10-11H,5-6,9H2,1-4H3,(H,14,15,16). The van der Waals surface area contributed by atoms with Crippen LogP contribution in [0, 0.1) is 5.92 Å². The molecule has 18 heavy (non-hydrogen) atoms. The maximum Gasteiger partial charge on any atom is 0.224 e. The summed E-state index contributed by atoms with van der Waals surface area (Å²) < 4.78 is 0. The molecule has 1 aliphatic carbocycles. The Labute approximate surface area is 109 Å². The van der Waals surface area contributed by atoms with E-state index in [1.165, 1.54) is 12.8 Å². The van der Waals surface area contributed by atoms with Crippen molar-refractivity contribution in [3.63, 3.8) is 0 Å². The summed E-state index contributed by atoms with van der Waals surface area (Å²) in [5.41, 5.74) is 0. The van der Waals surface area contributed by atoms with Crippen LogP contribution >= 0.6 is 0 Å². The van der Waals surface area contributed by atoms with Crippen LogP contribution in [-0.2, 0) is 0 Å². The Kier molecular flexibility index (Phi) is 4.01. The van der Waals surface area contributed by atoms with Crippen LogP contribution < -0.4 is 10.2 Å². The highest BCUT2D eigenvalue weighted by atomic mass is 15.2. The summed E-state index contributed by atoms with van der Waals surface area (Å²) in [4.78, 5) is 13.0.